The number of anilines is 1. The Hall–Kier alpha value is -1.27. The molecular weight excluding hydrogens is 343 g/mol. The van der Waals surface area contributed by atoms with E-state index >= 15 is 0 Å². The minimum Gasteiger partial charge on any atom is -0.367 e. The molecule has 0 fully saturated rings. The van der Waals surface area contributed by atoms with Crippen LogP contribution in [-0.2, 0) is 23.0 Å². The molecule has 0 saturated carbocycles. The van der Waals surface area contributed by atoms with Crippen LogP contribution in [0.4, 0.5) is 5.69 Å². The van der Waals surface area contributed by atoms with E-state index in [1.54, 1.807) is 24.3 Å². The Kier molecular flexibility index (Phi) is 4.07. The minimum atomic E-state index is -3.66. The summed E-state index contributed by atoms with van der Waals surface area (Å²) in [6.07, 6.45) is 0.792. The van der Waals surface area contributed by atoms with Gasteiger partial charge in [0.1, 0.15) is 0 Å². The van der Waals surface area contributed by atoms with E-state index in [9.17, 15) is 8.42 Å². The molecule has 22 heavy (non-hydrogen) atoms. The zero-order valence-corrected chi connectivity index (χ0v) is 13.9. The maximum atomic E-state index is 11.4. The Morgan fingerprint density at radius 3 is 2.55 bits per heavy atom. The summed E-state index contributed by atoms with van der Waals surface area (Å²) in [5.74, 6) is 0. The van der Waals surface area contributed by atoms with Crippen molar-refractivity contribution < 1.29 is 8.42 Å². The van der Waals surface area contributed by atoms with Crippen molar-refractivity contribution in [2.45, 2.75) is 17.9 Å². The molecule has 0 spiro atoms. The van der Waals surface area contributed by atoms with Gasteiger partial charge in [0.05, 0.1) is 14.9 Å². The highest BCUT2D eigenvalue weighted by atomic mass is 35.5. The van der Waals surface area contributed by atoms with Crippen molar-refractivity contribution in [3.63, 3.8) is 0 Å². The highest BCUT2D eigenvalue weighted by Gasteiger charge is 2.21. The van der Waals surface area contributed by atoms with E-state index in [4.69, 9.17) is 28.3 Å². The molecule has 7 heteroatoms. The maximum Gasteiger partial charge on any atom is 0.238 e. The van der Waals surface area contributed by atoms with E-state index in [1.165, 1.54) is 0 Å². The van der Waals surface area contributed by atoms with E-state index in [2.05, 4.69) is 4.90 Å². The first kappa shape index (κ1) is 15.6. The quantitative estimate of drug-likeness (QED) is 0.918. The van der Waals surface area contributed by atoms with Crippen molar-refractivity contribution in [3.05, 3.63) is 57.6 Å². The lowest BCUT2D eigenvalue weighted by Crippen LogP contribution is -2.19. The number of benzene rings is 2. The molecule has 2 N–H and O–H groups in total. The van der Waals surface area contributed by atoms with Crippen LogP contribution in [0.15, 0.2) is 41.3 Å². The van der Waals surface area contributed by atoms with E-state index in [1.807, 2.05) is 12.1 Å². The SMILES string of the molecule is NS(=O)(=O)c1ccc2c(c1)CCN2Cc1ccc(Cl)c(Cl)c1. The number of primary sulfonamides is 1. The molecule has 1 aliphatic heterocycles. The van der Waals surface area contributed by atoms with Crippen molar-refractivity contribution in [2.75, 3.05) is 11.4 Å². The third-order valence-corrected chi connectivity index (χ3v) is 5.38. The normalized spacial score (nSPS) is 14.2. The van der Waals surface area contributed by atoms with Crippen molar-refractivity contribution in [1.82, 2.24) is 0 Å². The fourth-order valence-electron chi connectivity index (χ4n) is 2.65. The highest BCUT2D eigenvalue weighted by Crippen LogP contribution is 2.32. The fraction of sp³-hybridized carbons (Fsp3) is 0.200. The lowest BCUT2D eigenvalue weighted by Gasteiger charge is -2.20. The van der Waals surface area contributed by atoms with E-state index in [-0.39, 0.29) is 4.90 Å². The first-order valence-electron chi connectivity index (χ1n) is 6.69. The van der Waals surface area contributed by atoms with Crippen LogP contribution in [-0.4, -0.2) is 15.0 Å². The summed E-state index contributed by atoms with van der Waals surface area (Å²) in [5.41, 5.74) is 3.07. The summed E-state index contributed by atoms with van der Waals surface area (Å²) in [4.78, 5) is 2.34. The number of nitrogens with two attached hydrogens (primary N) is 1. The van der Waals surface area contributed by atoms with Crippen LogP contribution in [0.1, 0.15) is 11.1 Å². The molecule has 2 aromatic carbocycles. The number of fused-ring (bicyclic) bond motifs is 1. The number of rotatable bonds is 3. The first-order chi connectivity index (χ1) is 10.3. The standard InChI is InChI=1S/C15H14Cl2N2O2S/c16-13-3-1-10(7-14(13)17)9-19-6-5-11-8-12(22(18,20)21)2-4-15(11)19/h1-4,7-8H,5-6,9H2,(H2,18,20,21). The van der Waals surface area contributed by atoms with Crippen LogP contribution < -0.4 is 10.0 Å². The Labute approximate surface area is 139 Å². The van der Waals surface area contributed by atoms with Gasteiger partial charge in [-0.15, -0.1) is 0 Å². The number of nitrogens with zero attached hydrogens (tertiary/aromatic N) is 1. The third-order valence-electron chi connectivity index (χ3n) is 3.73. The number of halogens is 2. The third kappa shape index (κ3) is 3.08. The lowest BCUT2D eigenvalue weighted by molar-refractivity contribution is 0.597. The van der Waals surface area contributed by atoms with Crippen LogP contribution in [0.25, 0.3) is 0 Å². The molecule has 1 heterocycles. The zero-order chi connectivity index (χ0) is 15.9. The van der Waals surface area contributed by atoms with Gasteiger partial charge < -0.3 is 4.90 Å². The van der Waals surface area contributed by atoms with E-state index in [0.29, 0.717) is 16.6 Å². The van der Waals surface area contributed by atoms with Crippen LogP contribution >= 0.6 is 23.2 Å². The molecular formula is C15H14Cl2N2O2S. The lowest BCUT2D eigenvalue weighted by atomic mass is 10.1. The summed E-state index contributed by atoms with van der Waals surface area (Å²) in [5, 5.41) is 6.23. The minimum absolute atomic E-state index is 0.155. The van der Waals surface area contributed by atoms with Crippen LogP contribution in [0.2, 0.25) is 10.0 Å². The molecule has 0 atom stereocenters. The second-order valence-electron chi connectivity index (χ2n) is 5.26. The number of sulfonamides is 1. The number of hydrogen-bond acceptors (Lipinski definition) is 3. The molecule has 116 valence electrons. The van der Waals surface area contributed by atoms with Crippen molar-refractivity contribution >= 4 is 38.9 Å². The molecule has 0 bridgehead atoms. The van der Waals surface area contributed by atoms with Gasteiger partial charge in [-0.05, 0) is 47.9 Å². The van der Waals surface area contributed by atoms with Crippen LogP contribution in [0, 0.1) is 0 Å². The van der Waals surface area contributed by atoms with Gasteiger partial charge in [0.25, 0.3) is 0 Å². The molecule has 2 aromatic rings. The van der Waals surface area contributed by atoms with Gasteiger partial charge in [-0.1, -0.05) is 29.3 Å². The smallest absolute Gasteiger partial charge is 0.238 e. The molecule has 0 radical (unpaired) electrons. The molecule has 0 unspecified atom stereocenters. The zero-order valence-electron chi connectivity index (χ0n) is 11.6. The summed E-state index contributed by atoms with van der Waals surface area (Å²) < 4.78 is 22.8. The molecule has 3 rings (SSSR count). The summed E-state index contributed by atoms with van der Waals surface area (Å²) in [6.45, 7) is 1.52. The molecule has 4 nitrogen and oxygen atoms in total. The van der Waals surface area contributed by atoms with Crippen LogP contribution in [0.3, 0.4) is 0 Å². The second-order valence-corrected chi connectivity index (χ2v) is 7.63. The Balaban J connectivity index is 1.87. The molecule has 0 saturated heterocycles. The molecule has 0 aromatic heterocycles. The highest BCUT2D eigenvalue weighted by molar-refractivity contribution is 7.89. The molecule has 1 aliphatic rings. The summed E-state index contributed by atoms with van der Waals surface area (Å²) >= 11 is 12.0. The maximum absolute atomic E-state index is 11.4. The van der Waals surface area contributed by atoms with E-state index in [0.717, 1.165) is 29.8 Å². The van der Waals surface area contributed by atoms with Gasteiger partial charge >= 0.3 is 0 Å². The average Bonchev–Trinajstić information content (AvgIpc) is 2.84. The van der Waals surface area contributed by atoms with Gasteiger partial charge in [0.2, 0.25) is 10.0 Å². The monoisotopic (exact) mass is 356 g/mol. The molecule has 0 amide bonds. The predicted molar refractivity (Wildman–Crippen MR) is 89.0 cm³/mol. The Bertz CT molecular complexity index is 837. The van der Waals surface area contributed by atoms with Crippen LogP contribution in [0.5, 0.6) is 0 Å². The predicted octanol–water partition coefficient (Wildman–Crippen LogP) is 3.20. The summed E-state index contributed by atoms with van der Waals surface area (Å²) in [7, 11) is -3.66. The second kappa shape index (κ2) is 5.74. The van der Waals surface area contributed by atoms with Crippen molar-refractivity contribution in [2.24, 2.45) is 5.14 Å². The summed E-state index contributed by atoms with van der Waals surface area (Å²) in [6, 6.07) is 10.6. The van der Waals surface area contributed by atoms with Gasteiger partial charge in [-0.25, -0.2) is 13.6 Å². The van der Waals surface area contributed by atoms with Gasteiger partial charge in [0, 0.05) is 18.8 Å². The Morgan fingerprint density at radius 2 is 1.86 bits per heavy atom. The first-order valence-corrected chi connectivity index (χ1v) is 8.99. The van der Waals surface area contributed by atoms with E-state index < -0.39 is 10.0 Å². The fourth-order valence-corrected chi connectivity index (χ4v) is 3.53. The van der Waals surface area contributed by atoms with Gasteiger partial charge in [-0.2, -0.15) is 0 Å². The van der Waals surface area contributed by atoms with Crippen molar-refractivity contribution in [1.29, 1.82) is 0 Å². The molecule has 0 aliphatic carbocycles. The Morgan fingerprint density at radius 1 is 1.09 bits per heavy atom. The van der Waals surface area contributed by atoms with Gasteiger partial charge in [-0.3, -0.25) is 0 Å². The largest absolute Gasteiger partial charge is 0.367 e. The topological polar surface area (TPSA) is 63.4 Å². The van der Waals surface area contributed by atoms with Crippen molar-refractivity contribution in [3.8, 4) is 0 Å². The average molecular weight is 357 g/mol. The van der Waals surface area contributed by atoms with Gasteiger partial charge in [0.15, 0.2) is 0 Å². The number of hydrogen-bond donors (Lipinski definition) is 1.